The Kier molecular flexibility index (Phi) is 4.55. The molecule has 5 nitrogen and oxygen atoms in total. The number of rotatable bonds is 7. The van der Waals surface area contributed by atoms with E-state index in [1.165, 1.54) is 10.2 Å². The number of hydrogen-bond donors (Lipinski definition) is 2. The van der Waals surface area contributed by atoms with Gasteiger partial charge in [0.25, 0.3) is 0 Å². The van der Waals surface area contributed by atoms with Crippen molar-refractivity contribution in [3.63, 3.8) is 0 Å². The van der Waals surface area contributed by atoms with E-state index in [0.29, 0.717) is 0 Å². The minimum absolute atomic E-state index is 0.117. The predicted octanol–water partition coefficient (Wildman–Crippen LogP) is 1.41. The molecule has 0 fully saturated rings. The molecule has 1 aromatic heterocycles. The molecular weight excluding hydrogens is 240 g/mol. The van der Waals surface area contributed by atoms with Gasteiger partial charge in [-0.3, -0.25) is 9.48 Å². The lowest BCUT2D eigenvalue weighted by Gasteiger charge is -2.03. The lowest BCUT2D eigenvalue weighted by molar-refractivity contribution is -0.118. The van der Waals surface area contributed by atoms with Crippen molar-refractivity contribution >= 4 is 11.6 Å². The fourth-order valence-electron chi connectivity index (χ4n) is 1.87. The van der Waals surface area contributed by atoms with Crippen LogP contribution in [0.25, 0.3) is 0 Å². The number of nitrogens with zero attached hydrogens (tertiary/aromatic N) is 2. The van der Waals surface area contributed by atoms with E-state index >= 15 is 0 Å². The van der Waals surface area contributed by atoms with E-state index in [9.17, 15) is 4.79 Å². The van der Waals surface area contributed by atoms with Crippen molar-refractivity contribution in [1.29, 1.82) is 0 Å². The summed E-state index contributed by atoms with van der Waals surface area (Å²) < 4.78 is 1.53. The van der Waals surface area contributed by atoms with Gasteiger partial charge in [0.2, 0.25) is 5.91 Å². The van der Waals surface area contributed by atoms with E-state index < -0.39 is 5.91 Å². The first-order valence-corrected chi connectivity index (χ1v) is 6.32. The summed E-state index contributed by atoms with van der Waals surface area (Å²) in [5.74, 6) is -0.390. The Bertz CT molecular complexity index is 521. The van der Waals surface area contributed by atoms with Crippen LogP contribution in [0.4, 0.5) is 5.69 Å². The zero-order valence-corrected chi connectivity index (χ0v) is 10.7. The third-order valence-electron chi connectivity index (χ3n) is 2.77. The van der Waals surface area contributed by atoms with E-state index in [-0.39, 0.29) is 6.54 Å². The quantitative estimate of drug-likeness (QED) is 0.738. The lowest BCUT2D eigenvalue weighted by atomic mass is 10.1. The molecule has 0 unspecified atom stereocenters. The SMILES string of the molecule is NC(=O)Cn1cc(NCCCc2ccccc2)cn1. The molecule has 0 aliphatic carbocycles. The van der Waals surface area contributed by atoms with Gasteiger partial charge in [0.1, 0.15) is 6.54 Å². The minimum Gasteiger partial charge on any atom is -0.382 e. The Labute approximate surface area is 112 Å². The second-order valence-electron chi connectivity index (χ2n) is 4.41. The van der Waals surface area contributed by atoms with Crippen molar-refractivity contribution in [2.75, 3.05) is 11.9 Å². The molecule has 0 radical (unpaired) electrons. The van der Waals surface area contributed by atoms with Gasteiger partial charge in [-0.2, -0.15) is 5.10 Å². The molecule has 0 bridgehead atoms. The molecule has 0 atom stereocenters. The molecule has 0 aliphatic rings. The third kappa shape index (κ3) is 4.46. The highest BCUT2D eigenvalue weighted by Crippen LogP contribution is 2.06. The van der Waals surface area contributed by atoms with Gasteiger partial charge in [-0.1, -0.05) is 30.3 Å². The number of anilines is 1. The molecule has 0 saturated carbocycles. The molecule has 0 spiro atoms. The molecule has 1 amide bonds. The molecule has 100 valence electrons. The highest BCUT2D eigenvalue weighted by molar-refractivity contribution is 5.73. The number of aromatic nitrogens is 2. The number of nitrogens with two attached hydrogens (primary N) is 1. The summed E-state index contributed by atoms with van der Waals surface area (Å²) in [5, 5.41) is 7.32. The van der Waals surface area contributed by atoms with Crippen LogP contribution in [0.5, 0.6) is 0 Å². The molecule has 0 aliphatic heterocycles. The average Bonchev–Trinajstić information content (AvgIpc) is 2.83. The van der Waals surface area contributed by atoms with Crippen LogP contribution in [0, 0.1) is 0 Å². The number of benzene rings is 1. The van der Waals surface area contributed by atoms with E-state index in [4.69, 9.17) is 5.73 Å². The number of carbonyl (C=O) groups is 1. The first kappa shape index (κ1) is 13.1. The summed E-state index contributed by atoms with van der Waals surface area (Å²) in [5.41, 5.74) is 7.35. The van der Waals surface area contributed by atoms with Gasteiger partial charge in [0.05, 0.1) is 11.9 Å². The van der Waals surface area contributed by atoms with Gasteiger partial charge in [0.15, 0.2) is 0 Å². The topological polar surface area (TPSA) is 72.9 Å². The maximum absolute atomic E-state index is 10.7. The third-order valence-corrected chi connectivity index (χ3v) is 2.77. The van der Waals surface area contributed by atoms with E-state index in [2.05, 4.69) is 34.7 Å². The number of carbonyl (C=O) groups excluding carboxylic acids is 1. The summed E-state index contributed by atoms with van der Waals surface area (Å²) in [6.07, 6.45) is 5.58. The fraction of sp³-hybridized carbons (Fsp3) is 0.286. The smallest absolute Gasteiger partial charge is 0.239 e. The van der Waals surface area contributed by atoms with Gasteiger partial charge >= 0.3 is 0 Å². The van der Waals surface area contributed by atoms with Gasteiger partial charge in [-0.25, -0.2) is 0 Å². The molecule has 3 N–H and O–H groups in total. The zero-order valence-electron chi connectivity index (χ0n) is 10.7. The molecule has 2 rings (SSSR count). The van der Waals surface area contributed by atoms with Crippen LogP contribution in [0.1, 0.15) is 12.0 Å². The standard InChI is InChI=1S/C14H18N4O/c15-14(19)11-18-10-13(9-17-18)16-8-4-7-12-5-2-1-3-6-12/h1-3,5-6,9-10,16H,4,7-8,11H2,(H2,15,19). The summed E-state index contributed by atoms with van der Waals surface area (Å²) in [7, 11) is 0. The van der Waals surface area contributed by atoms with Crippen molar-refractivity contribution in [1.82, 2.24) is 9.78 Å². The Morgan fingerprint density at radius 3 is 2.84 bits per heavy atom. The Hall–Kier alpha value is -2.30. The number of primary amides is 1. The second kappa shape index (κ2) is 6.58. The van der Waals surface area contributed by atoms with E-state index in [1.54, 1.807) is 12.4 Å². The van der Waals surface area contributed by atoms with Crippen molar-refractivity contribution in [2.24, 2.45) is 5.73 Å². The molecule has 19 heavy (non-hydrogen) atoms. The predicted molar refractivity (Wildman–Crippen MR) is 74.7 cm³/mol. The number of aryl methyl sites for hydroxylation is 1. The molecule has 1 heterocycles. The monoisotopic (exact) mass is 258 g/mol. The lowest BCUT2D eigenvalue weighted by Crippen LogP contribution is -2.18. The normalized spacial score (nSPS) is 10.3. The first-order chi connectivity index (χ1) is 9.24. The summed E-state index contributed by atoms with van der Waals surface area (Å²) in [4.78, 5) is 10.7. The van der Waals surface area contributed by atoms with Crippen LogP contribution in [0.2, 0.25) is 0 Å². The summed E-state index contributed by atoms with van der Waals surface area (Å²) >= 11 is 0. The van der Waals surface area contributed by atoms with Crippen LogP contribution in [-0.2, 0) is 17.8 Å². The fourth-order valence-corrected chi connectivity index (χ4v) is 1.87. The van der Waals surface area contributed by atoms with Crippen LogP contribution < -0.4 is 11.1 Å². The average molecular weight is 258 g/mol. The van der Waals surface area contributed by atoms with Crippen LogP contribution in [-0.4, -0.2) is 22.2 Å². The summed E-state index contributed by atoms with van der Waals surface area (Å²) in [6, 6.07) is 10.4. The van der Waals surface area contributed by atoms with Gasteiger partial charge < -0.3 is 11.1 Å². The number of hydrogen-bond acceptors (Lipinski definition) is 3. The van der Waals surface area contributed by atoms with E-state index in [0.717, 1.165) is 25.1 Å². The number of amides is 1. The highest BCUT2D eigenvalue weighted by atomic mass is 16.1. The van der Waals surface area contributed by atoms with Crippen molar-refractivity contribution < 1.29 is 4.79 Å². The number of nitrogens with one attached hydrogen (secondary N) is 1. The van der Waals surface area contributed by atoms with Crippen molar-refractivity contribution in [2.45, 2.75) is 19.4 Å². The van der Waals surface area contributed by atoms with Crippen LogP contribution in [0.15, 0.2) is 42.7 Å². The summed E-state index contributed by atoms with van der Waals surface area (Å²) in [6.45, 7) is 0.989. The Morgan fingerprint density at radius 1 is 1.32 bits per heavy atom. The zero-order chi connectivity index (χ0) is 13.5. The molecule has 5 heteroatoms. The maximum atomic E-state index is 10.7. The minimum atomic E-state index is -0.390. The van der Waals surface area contributed by atoms with Gasteiger partial charge in [0, 0.05) is 12.7 Å². The molecular formula is C14H18N4O. The van der Waals surface area contributed by atoms with Crippen molar-refractivity contribution in [3.8, 4) is 0 Å². The first-order valence-electron chi connectivity index (χ1n) is 6.32. The second-order valence-corrected chi connectivity index (χ2v) is 4.41. The van der Waals surface area contributed by atoms with Gasteiger partial charge in [-0.05, 0) is 18.4 Å². The van der Waals surface area contributed by atoms with Gasteiger partial charge in [-0.15, -0.1) is 0 Å². The van der Waals surface area contributed by atoms with E-state index in [1.807, 2.05) is 6.07 Å². The van der Waals surface area contributed by atoms with Crippen molar-refractivity contribution in [3.05, 3.63) is 48.3 Å². The molecule has 1 aromatic carbocycles. The molecule has 2 aromatic rings. The Morgan fingerprint density at radius 2 is 2.11 bits per heavy atom. The molecule has 0 saturated heterocycles. The largest absolute Gasteiger partial charge is 0.382 e. The highest BCUT2D eigenvalue weighted by Gasteiger charge is 2.00. The Balaban J connectivity index is 1.71. The van der Waals surface area contributed by atoms with Crippen LogP contribution >= 0.6 is 0 Å². The maximum Gasteiger partial charge on any atom is 0.239 e. The van der Waals surface area contributed by atoms with Crippen LogP contribution in [0.3, 0.4) is 0 Å².